The zero-order valence-electron chi connectivity index (χ0n) is 22.4. The van der Waals surface area contributed by atoms with Crippen LogP contribution in [-0.2, 0) is 10.7 Å². The molecule has 0 radical (unpaired) electrons. The summed E-state index contributed by atoms with van der Waals surface area (Å²) in [5.41, 5.74) is 4.19. The Morgan fingerprint density at radius 2 is 1.92 bits per heavy atom. The molecule has 0 spiro atoms. The Hall–Kier alpha value is -3.04. The van der Waals surface area contributed by atoms with Crippen LogP contribution in [0.2, 0.25) is 0 Å². The van der Waals surface area contributed by atoms with Crippen LogP contribution in [0.25, 0.3) is 11.3 Å². The zero-order chi connectivity index (χ0) is 27.4. The van der Waals surface area contributed by atoms with Crippen LogP contribution in [0, 0.1) is 13.8 Å². The molecule has 4 rings (SSSR count). The molecule has 9 heteroatoms. The number of rotatable bonds is 8. The molecule has 206 valence electrons. The van der Waals surface area contributed by atoms with Crippen LogP contribution in [0.5, 0.6) is 5.75 Å². The number of phenols is 1. The molecule has 3 N–H and O–H groups in total. The van der Waals surface area contributed by atoms with Crippen LogP contribution in [0.3, 0.4) is 0 Å². The number of aromatic hydroxyl groups is 1. The average Bonchev–Trinajstić information content (AvgIpc) is 2.90. The van der Waals surface area contributed by atoms with Crippen LogP contribution >= 0.6 is 0 Å². The molecule has 7 nitrogen and oxygen atoms in total. The van der Waals surface area contributed by atoms with Crippen molar-refractivity contribution in [2.45, 2.75) is 64.9 Å². The number of carbonyl (C=O) groups excluding carboxylic acids is 1. The molecule has 0 bridgehead atoms. The maximum Gasteiger partial charge on any atom is 0.273 e. The summed E-state index contributed by atoms with van der Waals surface area (Å²) < 4.78 is 28.1. The van der Waals surface area contributed by atoms with Gasteiger partial charge in [0.25, 0.3) is 5.92 Å². The number of aliphatic hydroxyl groups excluding tert-OH is 1. The predicted octanol–water partition coefficient (Wildman–Crippen LogP) is 4.95. The molecule has 0 saturated carbocycles. The molecule has 0 atom stereocenters. The predicted molar refractivity (Wildman–Crippen MR) is 144 cm³/mol. The fourth-order valence-electron chi connectivity index (χ4n) is 5.06. The SMILES string of the molecule is CCC(F)(F)c1ccc(-c2nc(C)c(NC3=CCCN(CCC(=O)N4CCC(O)CC4)C3)cc2C)c(O)c1. The molecule has 38 heavy (non-hydrogen) atoms. The Bertz CT molecular complexity index is 1190. The van der Waals surface area contributed by atoms with E-state index < -0.39 is 5.92 Å². The van der Waals surface area contributed by atoms with Crippen molar-refractivity contribution < 1.29 is 23.8 Å². The number of aryl methyl sites for hydroxylation is 2. The number of benzene rings is 1. The van der Waals surface area contributed by atoms with Gasteiger partial charge in [-0.15, -0.1) is 0 Å². The van der Waals surface area contributed by atoms with E-state index in [-0.39, 0.29) is 29.7 Å². The van der Waals surface area contributed by atoms with Gasteiger partial charge >= 0.3 is 0 Å². The summed E-state index contributed by atoms with van der Waals surface area (Å²) in [6, 6.07) is 5.94. The standard InChI is InChI=1S/C29H38F2N4O3/c1-4-29(30,31)21-7-8-24(26(37)17-21)28-19(2)16-25(20(3)32-28)33-22-6-5-12-34(18-22)13-11-27(38)35-14-9-23(36)10-15-35/h6-8,16-17,23,33,36-37H,4-5,9-15,18H2,1-3H3. The van der Waals surface area contributed by atoms with Crippen molar-refractivity contribution in [1.82, 2.24) is 14.8 Å². The Morgan fingerprint density at radius 1 is 1.18 bits per heavy atom. The fraction of sp³-hybridized carbons (Fsp3) is 0.517. The van der Waals surface area contributed by atoms with Crippen molar-refractivity contribution in [3.63, 3.8) is 0 Å². The third kappa shape index (κ3) is 6.50. The topological polar surface area (TPSA) is 88.9 Å². The van der Waals surface area contributed by atoms with Gasteiger partial charge in [-0.3, -0.25) is 14.7 Å². The quantitative estimate of drug-likeness (QED) is 0.450. The van der Waals surface area contributed by atoms with E-state index in [1.807, 2.05) is 24.8 Å². The molecule has 2 aliphatic heterocycles. The lowest BCUT2D eigenvalue weighted by molar-refractivity contribution is -0.133. The number of halogens is 2. The number of carbonyl (C=O) groups is 1. The Balaban J connectivity index is 1.39. The first-order valence-corrected chi connectivity index (χ1v) is 13.4. The van der Waals surface area contributed by atoms with E-state index in [1.165, 1.54) is 19.1 Å². The van der Waals surface area contributed by atoms with E-state index in [4.69, 9.17) is 4.98 Å². The van der Waals surface area contributed by atoms with Gasteiger partial charge in [0.05, 0.1) is 23.2 Å². The molecule has 1 amide bonds. The number of alkyl halides is 2. The van der Waals surface area contributed by atoms with E-state index in [0.29, 0.717) is 56.7 Å². The number of aromatic nitrogens is 1. The molecule has 0 aliphatic carbocycles. The maximum absolute atomic E-state index is 14.1. The molecule has 1 aromatic carbocycles. The summed E-state index contributed by atoms with van der Waals surface area (Å²) in [6.07, 6.45) is 4.17. The highest BCUT2D eigenvalue weighted by atomic mass is 19.3. The molecule has 1 fully saturated rings. The number of pyridine rings is 1. The van der Waals surface area contributed by atoms with Gasteiger partial charge in [-0.1, -0.05) is 19.1 Å². The number of phenolic OH excluding ortho intramolecular Hbond substituents is 1. The molecule has 0 unspecified atom stereocenters. The van der Waals surface area contributed by atoms with E-state index in [2.05, 4.69) is 16.3 Å². The third-order valence-corrected chi connectivity index (χ3v) is 7.51. The summed E-state index contributed by atoms with van der Waals surface area (Å²) in [5, 5.41) is 23.7. The van der Waals surface area contributed by atoms with Gasteiger partial charge in [-0.2, -0.15) is 0 Å². The van der Waals surface area contributed by atoms with Crippen molar-refractivity contribution >= 4 is 11.6 Å². The second-order valence-electron chi connectivity index (χ2n) is 10.4. The summed E-state index contributed by atoms with van der Waals surface area (Å²) in [7, 11) is 0. The lowest BCUT2D eigenvalue weighted by Gasteiger charge is -2.31. The van der Waals surface area contributed by atoms with Crippen molar-refractivity contribution in [3.8, 4) is 17.0 Å². The zero-order valence-corrected chi connectivity index (χ0v) is 22.4. The number of hydrogen-bond acceptors (Lipinski definition) is 6. The van der Waals surface area contributed by atoms with E-state index >= 15 is 0 Å². The van der Waals surface area contributed by atoms with Gasteiger partial charge in [-0.25, -0.2) is 8.78 Å². The van der Waals surface area contributed by atoms with Crippen LogP contribution in [0.4, 0.5) is 14.5 Å². The van der Waals surface area contributed by atoms with E-state index in [9.17, 15) is 23.8 Å². The minimum Gasteiger partial charge on any atom is -0.507 e. The van der Waals surface area contributed by atoms with Crippen molar-refractivity contribution in [3.05, 3.63) is 52.9 Å². The Morgan fingerprint density at radius 3 is 2.61 bits per heavy atom. The number of nitrogens with zero attached hydrogens (tertiary/aromatic N) is 3. The lowest BCUT2D eigenvalue weighted by Crippen LogP contribution is -2.42. The average molecular weight is 529 g/mol. The first kappa shape index (κ1) is 28.0. The molecular formula is C29H38F2N4O3. The third-order valence-electron chi connectivity index (χ3n) is 7.51. The molecule has 2 aromatic rings. The van der Waals surface area contributed by atoms with Gasteiger partial charge < -0.3 is 20.4 Å². The number of piperidine rings is 1. The molecule has 1 saturated heterocycles. The summed E-state index contributed by atoms with van der Waals surface area (Å²) in [4.78, 5) is 21.4. The number of anilines is 1. The molecule has 3 heterocycles. The lowest BCUT2D eigenvalue weighted by atomic mass is 9.99. The summed E-state index contributed by atoms with van der Waals surface area (Å²) >= 11 is 0. The van der Waals surface area contributed by atoms with Crippen molar-refractivity contribution in [1.29, 1.82) is 0 Å². The Kier molecular flexibility index (Phi) is 8.67. The second kappa shape index (κ2) is 11.8. The number of nitrogens with one attached hydrogen (secondary N) is 1. The van der Waals surface area contributed by atoms with Crippen LogP contribution < -0.4 is 5.32 Å². The first-order chi connectivity index (χ1) is 18.1. The molecule has 2 aliphatic rings. The Labute approximate surface area is 223 Å². The number of amides is 1. The minimum atomic E-state index is -2.99. The number of hydrogen-bond donors (Lipinski definition) is 3. The van der Waals surface area contributed by atoms with Gasteiger partial charge in [0, 0.05) is 62.4 Å². The molecule has 1 aromatic heterocycles. The summed E-state index contributed by atoms with van der Waals surface area (Å²) in [5.74, 6) is -3.07. The summed E-state index contributed by atoms with van der Waals surface area (Å²) in [6.45, 7) is 8.68. The highest BCUT2D eigenvalue weighted by Crippen LogP contribution is 2.38. The normalized spacial score (nSPS) is 17.4. The van der Waals surface area contributed by atoms with Gasteiger partial charge in [0.1, 0.15) is 5.75 Å². The monoisotopic (exact) mass is 528 g/mol. The smallest absolute Gasteiger partial charge is 0.273 e. The van der Waals surface area contributed by atoms with E-state index in [1.54, 1.807) is 0 Å². The van der Waals surface area contributed by atoms with E-state index in [0.717, 1.165) is 41.7 Å². The number of likely N-dealkylation sites (tertiary alicyclic amines) is 1. The largest absolute Gasteiger partial charge is 0.507 e. The fourth-order valence-corrected chi connectivity index (χ4v) is 5.06. The van der Waals surface area contributed by atoms with Crippen LogP contribution in [-0.4, -0.2) is 69.7 Å². The van der Waals surface area contributed by atoms with Gasteiger partial charge in [0.15, 0.2) is 0 Å². The maximum atomic E-state index is 14.1. The van der Waals surface area contributed by atoms with Gasteiger partial charge in [0.2, 0.25) is 5.91 Å². The highest BCUT2D eigenvalue weighted by molar-refractivity contribution is 5.76. The number of aliphatic hydroxyl groups is 1. The second-order valence-corrected chi connectivity index (χ2v) is 10.4. The van der Waals surface area contributed by atoms with Crippen molar-refractivity contribution in [2.75, 3.05) is 38.0 Å². The van der Waals surface area contributed by atoms with Crippen LogP contribution in [0.15, 0.2) is 36.0 Å². The molecular weight excluding hydrogens is 490 g/mol. The minimum absolute atomic E-state index is 0.141. The van der Waals surface area contributed by atoms with Crippen LogP contribution in [0.1, 0.15) is 55.8 Å². The first-order valence-electron chi connectivity index (χ1n) is 13.4. The van der Waals surface area contributed by atoms with Gasteiger partial charge in [-0.05, 0) is 56.9 Å². The van der Waals surface area contributed by atoms with Crippen molar-refractivity contribution in [2.24, 2.45) is 0 Å². The highest BCUT2D eigenvalue weighted by Gasteiger charge is 2.30.